The molecule has 0 saturated carbocycles. The Morgan fingerprint density at radius 2 is 0.344 bits per heavy atom. The monoisotopic (exact) mass is 1000 g/mol. The van der Waals surface area contributed by atoms with Crippen LogP contribution in [0.15, 0.2) is 243 Å². The maximum Gasteiger partial charge on any atom is -0.0195 e. The first-order valence-electron chi connectivity index (χ1n) is 20.6. The summed E-state index contributed by atoms with van der Waals surface area (Å²) in [5.41, 5.74) is 0. The fraction of sp³-hybridized carbons (Fsp3) is 0.111. The molecule has 0 N–H and O–H groups in total. The zero-order valence-electron chi connectivity index (χ0n) is 34.2. The van der Waals surface area contributed by atoms with Gasteiger partial charge in [-0.05, 0) is 112 Å². The summed E-state index contributed by atoms with van der Waals surface area (Å²) in [6.07, 6.45) is 7.43. The van der Waals surface area contributed by atoms with Crippen molar-refractivity contribution in [3.63, 3.8) is 0 Å². The predicted molar refractivity (Wildman–Crippen MR) is 277 cm³/mol. The smallest absolute Gasteiger partial charge is 0.0195 e. The van der Waals surface area contributed by atoms with Crippen molar-refractivity contribution in [1.82, 2.24) is 0 Å². The minimum Gasteiger partial charge on any atom is -0.0622 e. The fourth-order valence-electron chi connectivity index (χ4n) is 7.27. The Labute approximate surface area is 386 Å². The number of rotatable bonds is 16. The van der Waals surface area contributed by atoms with Gasteiger partial charge in [0.15, 0.2) is 0 Å². The Balaban J connectivity index is 0.000000192. The van der Waals surface area contributed by atoms with E-state index in [0.29, 0.717) is 0 Å². The molecular weight excluding hydrogens is 950 g/mol. The van der Waals surface area contributed by atoms with E-state index in [1.54, 1.807) is 0 Å². The third-order valence-electron chi connectivity index (χ3n) is 10.1. The number of hydrogen-bond acceptors (Lipinski definition) is 0. The van der Waals surface area contributed by atoms with Gasteiger partial charge >= 0.3 is 35.0 Å². The molecule has 8 aromatic rings. The van der Waals surface area contributed by atoms with Gasteiger partial charge in [-0.3, -0.25) is 0 Å². The second-order valence-electron chi connectivity index (χ2n) is 14.0. The van der Waals surface area contributed by atoms with E-state index in [4.69, 9.17) is 19.1 Å². The summed E-state index contributed by atoms with van der Waals surface area (Å²) in [6.45, 7) is 0. The Morgan fingerprint density at radius 1 is 0.230 bits per heavy atom. The van der Waals surface area contributed by atoms with Gasteiger partial charge in [0.1, 0.15) is 0 Å². The van der Waals surface area contributed by atoms with Crippen LogP contribution in [0.1, 0.15) is 12.8 Å². The summed E-state index contributed by atoms with van der Waals surface area (Å²) in [6, 6.07) is 88.6. The van der Waals surface area contributed by atoms with Crippen molar-refractivity contribution < 1.29 is 15.9 Å². The van der Waals surface area contributed by atoms with Crippen molar-refractivity contribution in [3.05, 3.63) is 243 Å². The van der Waals surface area contributed by atoms with E-state index < -0.39 is 0 Å². The quantitative estimate of drug-likeness (QED) is 0.0668. The maximum absolute atomic E-state index is 4.81. The molecule has 312 valence electrons. The van der Waals surface area contributed by atoms with Crippen LogP contribution in [0.4, 0.5) is 0 Å². The summed E-state index contributed by atoms with van der Waals surface area (Å²) >= 11 is -0.106. The van der Waals surface area contributed by atoms with Crippen LogP contribution in [0.5, 0.6) is 0 Å². The van der Waals surface area contributed by atoms with Crippen LogP contribution in [0.2, 0.25) is 0 Å². The Bertz CT molecular complexity index is 1820. The minimum absolute atomic E-state index is 0.106. The molecule has 0 aliphatic rings. The molecule has 0 aromatic heterocycles. The van der Waals surface area contributed by atoms with Crippen molar-refractivity contribution >= 4 is 93.2 Å². The van der Waals surface area contributed by atoms with Gasteiger partial charge in [-0.25, -0.2) is 0 Å². The van der Waals surface area contributed by atoms with Gasteiger partial charge in [0.2, 0.25) is 0 Å². The van der Waals surface area contributed by atoms with E-state index in [2.05, 4.69) is 243 Å². The van der Waals surface area contributed by atoms with E-state index in [9.17, 15) is 0 Å². The van der Waals surface area contributed by atoms with E-state index in [0.717, 1.165) is 0 Å². The van der Waals surface area contributed by atoms with Crippen LogP contribution in [0, 0.1) is 0 Å². The molecule has 0 nitrogen and oxygen atoms in total. The van der Waals surface area contributed by atoms with Crippen LogP contribution in [-0.2, 0) is 15.9 Å². The molecule has 8 aromatic carbocycles. The molecule has 0 amide bonds. The van der Waals surface area contributed by atoms with Gasteiger partial charge in [-0.1, -0.05) is 243 Å². The average molecular weight is 1000 g/mol. The summed E-state index contributed by atoms with van der Waals surface area (Å²) in [7, 11) is 8.39. The van der Waals surface area contributed by atoms with Crippen LogP contribution >= 0.6 is 50.7 Å². The fourth-order valence-corrected chi connectivity index (χ4v) is 17.2. The molecule has 8 rings (SSSR count). The molecule has 0 aliphatic heterocycles. The Hall–Kier alpha value is -3.28. The van der Waals surface area contributed by atoms with Gasteiger partial charge < -0.3 is 0 Å². The number of halogens is 2. The van der Waals surface area contributed by atoms with Gasteiger partial charge in [0.05, 0.1) is 0 Å². The van der Waals surface area contributed by atoms with Crippen molar-refractivity contribution in [1.29, 1.82) is 0 Å². The van der Waals surface area contributed by atoms with Crippen LogP contribution in [0.25, 0.3) is 0 Å². The minimum atomic E-state index is -0.309. The molecular formula is C54H52Cl2P4Pd. The largest absolute Gasteiger partial charge is 0.0622 e. The molecule has 0 bridgehead atoms. The van der Waals surface area contributed by atoms with Gasteiger partial charge in [0.25, 0.3) is 0 Å². The number of benzene rings is 8. The molecule has 0 spiro atoms. The molecule has 0 radical (unpaired) electrons. The summed E-state index contributed by atoms with van der Waals surface area (Å²) in [5.74, 6) is 0. The van der Waals surface area contributed by atoms with Crippen molar-refractivity contribution in [2.75, 3.05) is 24.6 Å². The Kier molecular flexibility index (Phi) is 21.4. The first-order chi connectivity index (χ1) is 30.2. The Morgan fingerprint density at radius 3 is 0.459 bits per heavy atom. The zero-order valence-corrected chi connectivity index (χ0v) is 40.8. The van der Waals surface area contributed by atoms with Gasteiger partial charge in [-0.15, -0.1) is 0 Å². The first kappa shape index (κ1) is 47.2. The summed E-state index contributed by atoms with van der Waals surface area (Å²) in [5, 5.41) is 11.9. The topological polar surface area (TPSA) is 0 Å². The molecule has 0 atom stereocenters. The molecule has 0 aliphatic carbocycles. The predicted octanol–water partition coefficient (Wildman–Crippen LogP) is 12.7. The molecule has 0 unspecified atom stereocenters. The van der Waals surface area contributed by atoms with E-state index in [1.165, 1.54) is 79.9 Å². The average Bonchev–Trinajstić information content (AvgIpc) is 3.34. The van der Waals surface area contributed by atoms with E-state index in [1.807, 2.05) is 0 Å². The second kappa shape index (κ2) is 27.7. The summed E-state index contributed by atoms with van der Waals surface area (Å²) < 4.78 is 0. The summed E-state index contributed by atoms with van der Waals surface area (Å²) in [4.78, 5) is 0. The van der Waals surface area contributed by atoms with Gasteiger partial charge in [0, 0.05) is 0 Å². The van der Waals surface area contributed by atoms with Crippen LogP contribution in [0.3, 0.4) is 0 Å². The molecule has 0 saturated heterocycles. The molecule has 61 heavy (non-hydrogen) atoms. The van der Waals surface area contributed by atoms with Crippen LogP contribution < -0.4 is 42.4 Å². The van der Waals surface area contributed by atoms with E-state index >= 15 is 0 Å². The zero-order chi connectivity index (χ0) is 42.2. The number of hydrogen-bond donors (Lipinski definition) is 0. The van der Waals surface area contributed by atoms with Crippen LogP contribution in [-0.4, -0.2) is 24.6 Å². The van der Waals surface area contributed by atoms with Crippen molar-refractivity contribution in [2.24, 2.45) is 0 Å². The third kappa shape index (κ3) is 15.5. The third-order valence-corrected chi connectivity index (χ3v) is 20.5. The maximum atomic E-state index is 4.81. The second-order valence-corrected chi connectivity index (χ2v) is 25.7. The first-order valence-corrected chi connectivity index (χ1v) is 30.7. The normalized spacial score (nSPS) is 10.9. The SMILES string of the molecule is [Cl][Pd][Cl].c1ccc(P(CCCP(c2ccccc2)c2ccccc2)c2ccccc2)cc1.c1ccc(P(CCCP(c2ccccc2)c2ccccc2)c2ccccc2)cc1. The van der Waals surface area contributed by atoms with Crippen molar-refractivity contribution in [2.45, 2.75) is 12.8 Å². The molecule has 0 fully saturated rings. The van der Waals surface area contributed by atoms with Crippen molar-refractivity contribution in [3.8, 4) is 0 Å². The molecule has 0 heterocycles. The van der Waals surface area contributed by atoms with E-state index in [-0.39, 0.29) is 47.6 Å². The standard InChI is InChI=1S/2C27H26P2.2ClH.Pd/c2*1-5-14-24(15-6-1)28(25-16-7-2-8-17-25)22-13-23-29(26-18-9-3-10-19-26)27-20-11-4-12-21-27;;;/h2*1-12,14-21H,13,22-23H2;2*1H;/q;;;;+2/p-2. The van der Waals surface area contributed by atoms with Gasteiger partial charge in [-0.2, -0.15) is 0 Å². The molecule has 7 heteroatoms.